The average Bonchev–Trinajstić information content (AvgIpc) is 2.17. The summed E-state index contributed by atoms with van der Waals surface area (Å²) in [5.74, 6) is 0. The number of benzene rings is 1. The molecular weight excluding hydrogens is 208 g/mol. The van der Waals surface area contributed by atoms with Crippen LogP contribution in [-0.4, -0.2) is 30.6 Å². The Morgan fingerprint density at radius 3 is 3.13 bits per heavy atom. The van der Waals surface area contributed by atoms with Crippen LogP contribution in [0, 0.1) is 0 Å². The van der Waals surface area contributed by atoms with E-state index >= 15 is 0 Å². The van der Waals surface area contributed by atoms with Gasteiger partial charge in [-0.3, -0.25) is 4.90 Å². The van der Waals surface area contributed by atoms with E-state index < -0.39 is 0 Å². The largest absolute Gasteiger partial charge is 0.312 e. The Labute approximate surface area is 96.2 Å². The molecule has 1 atom stereocenters. The summed E-state index contributed by atoms with van der Waals surface area (Å²) < 4.78 is 0. The van der Waals surface area contributed by atoms with E-state index in [4.69, 9.17) is 11.6 Å². The highest BCUT2D eigenvalue weighted by Crippen LogP contribution is 2.13. The first-order valence-corrected chi connectivity index (χ1v) is 5.82. The van der Waals surface area contributed by atoms with Crippen molar-refractivity contribution in [2.75, 3.05) is 19.6 Å². The SMILES string of the molecule is C[C@H]1CN(Cc2cccc(Cl)c2)CCN1. The van der Waals surface area contributed by atoms with Crippen molar-refractivity contribution in [3.63, 3.8) is 0 Å². The Balaban J connectivity index is 1.96. The van der Waals surface area contributed by atoms with Gasteiger partial charge in [-0.05, 0) is 24.6 Å². The molecule has 1 aromatic carbocycles. The van der Waals surface area contributed by atoms with Gasteiger partial charge in [0.2, 0.25) is 0 Å². The zero-order chi connectivity index (χ0) is 10.7. The van der Waals surface area contributed by atoms with Crippen LogP contribution in [0.3, 0.4) is 0 Å². The third kappa shape index (κ3) is 3.20. The molecule has 15 heavy (non-hydrogen) atoms. The monoisotopic (exact) mass is 224 g/mol. The molecule has 1 aliphatic heterocycles. The van der Waals surface area contributed by atoms with E-state index in [1.54, 1.807) is 0 Å². The van der Waals surface area contributed by atoms with E-state index in [1.807, 2.05) is 18.2 Å². The molecule has 82 valence electrons. The van der Waals surface area contributed by atoms with Crippen LogP contribution in [0.2, 0.25) is 5.02 Å². The van der Waals surface area contributed by atoms with Crippen LogP contribution in [0.1, 0.15) is 12.5 Å². The van der Waals surface area contributed by atoms with E-state index in [1.165, 1.54) is 5.56 Å². The zero-order valence-electron chi connectivity index (χ0n) is 9.04. The van der Waals surface area contributed by atoms with E-state index in [0.29, 0.717) is 6.04 Å². The molecule has 0 unspecified atom stereocenters. The number of hydrogen-bond acceptors (Lipinski definition) is 2. The van der Waals surface area contributed by atoms with Crippen molar-refractivity contribution in [2.24, 2.45) is 0 Å². The Hall–Kier alpha value is -0.570. The average molecular weight is 225 g/mol. The molecule has 0 saturated carbocycles. The summed E-state index contributed by atoms with van der Waals surface area (Å²) in [5, 5.41) is 4.27. The lowest BCUT2D eigenvalue weighted by atomic mass is 10.1. The number of halogens is 1. The second kappa shape index (κ2) is 4.97. The van der Waals surface area contributed by atoms with Crippen molar-refractivity contribution in [3.8, 4) is 0 Å². The van der Waals surface area contributed by atoms with Gasteiger partial charge in [0.05, 0.1) is 0 Å². The molecular formula is C12H17ClN2. The highest BCUT2D eigenvalue weighted by Gasteiger charge is 2.15. The third-order valence-corrected chi connectivity index (χ3v) is 2.98. The zero-order valence-corrected chi connectivity index (χ0v) is 9.80. The first kappa shape index (κ1) is 10.9. The highest BCUT2D eigenvalue weighted by molar-refractivity contribution is 6.30. The summed E-state index contributed by atoms with van der Waals surface area (Å²) in [6, 6.07) is 8.72. The normalized spacial score (nSPS) is 22.9. The number of nitrogens with one attached hydrogen (secondary N) is 1. The summed E-state index contributed by atoms with van der Waals surface area (Å²) >= 11 is 5.96. The predicted molar refractivity (Wildman–Crippen MR) is 64.2 cm³/mol. The minimum atomic E-state index is 0.595. The first-order valence-electron chi connectivity index (χ1n) is 5.44. The summed E-state index contributed by atoms with van der Waals surface area (Å²) in [6.07, 6.45) is 0. The molecule has 0 spiro atoms. The van der Waals surface area contributed by atoms with E-state index in [9.17, 15) is 0 Å². The van der Waals surface area contributed by atoms with Gasteiger partial charge in [-0.1, -0.05) is 23.7 Å². The maximum absolute atomic E-state index is 5.96. The lowest BCUT2D eigenvalue weighted by Crippen LogP contribution is -2.48. The number of piperazine rings is 1. The maximum Gasteiger partial charge on any atom is 0.0409 e. The van der Waals surface area contributed by atoms with Crippen molar-refractivity contribution >= 4 is 11.6 Å². The van der Waals surface area contributed by atoms with Crippen molar-refractivity contribution in [3.05, 3.63) is 34.9 Å². The molecule has 2 nitrogen and oxygen atoms in total. The Morgan fingerprint density at radius 2 is 2.40 bits per heavy atom. The third-order valence-electron chi connectivity index (χ3n) is 2.75. The molecule has 0 amide bonds. The molecule has 3 heteroatoms. The van der Waals surface area contributed by atoms with Gasteiger partial charge in [0.15, 0.2) is 0 Å². The molecule has 1 aromatic rings. The van der Waals surface area contributed by atoms with Crippen LogP contribution < -0.4 is 5.32 Å². The molecule has 1 saturated heterocycles. The maximum atomic E-state index is 5.96. The minimum Gasteiger partial charge on any atom is -0.312 e. The van der Waals surface area contributed by atoms with Crippen LogP contribution in [0.15, 0.2) is 24.3 Å². The lowest BCUT2D eigenvalue weighted by molar-refractivity contribution is 0.199. The van der Waals surface area contributed by atoms with Crippen molar-refractivity contribution in [1.82, 2.24) is 10.2 Å². The van der Waals surface area contributed by atoms with Crippen molar-refractivity contribution < 1.29 is 0 Å². The predicted octanol–water partition coefficient (Wildman–Crippen LogP) is 2.13. The highest BCUT2D eigenvalue weighted by atomic mass is 35.5. The summed E-state index contributed by atoms with van der Waals surface area (Å²) in [4.78, 5) is 2.47. The molecule has 2 rings (SSSR count). The fourth-order valence-corrected chi connectivity index (χ4v) is 2.26. The van der Waals surface area contributed by atoms with Gasteiger partial charge in [-0.25, -0.2) is 0 Å². The Morgan fingerprint density at radius 1 is 1.53 bits per heavy atom. The Bertz CT molecular complexity index is 327. The fourth-order valence-electron chi connectivity index (χ4n) is 2.05. The van der Waals surface area contributed by atoms with Gasteiger partial charge < -0.3 is 5.32 Å². The van der Waals surface area contributed by atoms with Crippen LogP contribution in [0.25, 0.3) is 0 Å². The number of hydrogen-bond donors (Lipinski definition) is 1. The van der Waals surface area contributed by atoms with E-state index in [-0.39, 0.29) is 0 Å². The minimum absolute atomic E-state index is 0.595. The van der Waals surface area contributed by atoms with Gasteiger partial charge in [0, 0.05) is 37.2 Å². The molecule has 0 aromatic heterocycles. The summed E-state index contributed by atoms with van der Waals surface area (Å²) in [7, 11) is 0. The quantitative estimate of drug-likeness (QED) is 0.828. The van der Waals surface area contributed by atoms with Crippen molar-refractivity contribution in [2.45, 2.75) is 19.5 Å². The van der Waals surface area contributed by atoms with Crippen LogP contribution in [-0.2, 0) is 6.54 Å². The fraction of sp³-hybridized carbons (Fsp3) is 0.500. The van der Waals surface area contributed by atoms with Gasteiger partial charge in [-0.2, -0.15) is 0 Å². The Kier molecular flexibility index (Phi) is 3.62. The van der Waals surface area contributed by atoms with Crippen LogP contribution >= 0.6 is 11.6 Å². The second-order valence-corrected chi connectivity index (χ2v) is 4.66. The molecule has 1 aliphatic rings. The van der Waals surface area contributed by atoms with Crippen LogP contribution in [0.4, 0.5) is 0 Å². The van der Waals surface area contributed by atoms with E-state index in [2.05, 4.69) is 23.2 Å². The van der Waals surface area contributed by atoms with Crippen LogP contribution in [0.5, 0.6) is 0 Å². The van der Waals surface area contributed by atoms with Gasteiger partial charge in [0.25, 0.3) is 0 Å². The molecule has 1 heterocycles. The summed E-state index contributed by atoms with van der Waals surface area (Å²) in [5.41, 5.74) is 1.30. The molecule has 1 fully saturated rings. The molecule has 0 radical (unpaired) electrons. The number of nitrogens with zero attached hydrogens (tertiary/aromatic N) is 1. The lowest BCUT2D eigenvalue weighted by Gasteiger charge is -2.31. The molecule has 0 bridgehead atoms. The summed E-state index contributed by atoms with van der Waals surface area (Å²) in [6.45, 7) is 6.56. The van der Waals surface area contributed by atoms with E-state index in [0.717, 1.165) is 31.2 Å². The number of rotatable bonds is 2. The van der Waals surface area contributed by atoms with Gasteiger partial charge >= 0.3 is 0 Å². The topological polar surface area (TPSA) is 15.3 Å². The first-order chi connectivity index (χ1) is 7.24. The van der Waals surface area contributed by atoms with Gasteiger partial charge in [0.1, 0.15) is 0 Å². The van der Waals surface area contributed by atoms with Gasteiger partial charge in [-0.15, -0.1) is 0 Å². The molecule has 1 N–H and O–H groups in total. The van der Waals surface area contributed by atoms with Crippen molar-refractivity contribution in [1.29, 1.82) is 0 Å². The smallest absolute Gasteiger partial charge is 0.0409 e. The molecule has 0 aliphatic carbocycles. The second-order valence-electron chi connectivity index (χ2n) is 4.22. The standard InChI is InChI=1S/C12H17ClN2/c1-10-8-15(6-5-14-10)9-11-3-2-4-12(13)7-11/h2-4,7,10,14H,5-6,8-9H2,1H3/t10-/m0/s1.